The largest absolute Gasteiger partial charge is 0.361 e. The number of halogens is 1. The van der Waals surface area contributed by atoms with Crippen molar-refractivity contribution in [1.82, 2.24) is 10.1 Å². The standard InChI is InChI=1S/C11H9ClN2O2/c12-11-2-1-8(7-13-11)5-9(15)6-10-3-4-14-16-10/h1-4,7H,5-6H2. The third kappa shape index (κ3) is 2.90. The molecule has 2 heterocycles. The fourth-order valence-electron chi connectivity index (χ4n) is 1.33. The van der Waals surface area contributed by atoms with Crippen LogP contribution >= 0.6 is 11.6 Å². The molecule has 0 amide bonds. The zero-order chi connectivity index (χ0) is 11.4. The lowest BCUT2D eigenvalue weighted by molar-refractivity contribution is -0.118. The van der Waals surface area contributed by atoms with Gasteiger partial charge in [0.25, 0.3) is 0 Å². The number of Topliss-reactive ketones (excluding diaryl/α,β-unsaturated/α-hetero) is 1. The monoisotopic (exact) mass is 236 g/mol. The molecule has 0 aliphatic carbocycles. The van der Waals surface area contributed by atoms with Gasteiger partial charge in [0.2, 0.25) is 0 Å². The van der Waals surface area contributed by atoms with Crippen LogP contribution in [-0.2, 0) is 17.6 Å². The lowest BCUT2D eigenvalue weighted by atomic mass is 10.1. The van der Waals surface area contributed by atoms with Gasteiger partial charge >= 0.3 is 0 Å². The van der Waals surface area contributed by atoms with E-state index < -0.39 is 0 Å². The summed E-state index contributed by atoms with van der Waals surface area (Å²) >= 11 is 5.64. The Kier molecular flexibility index (Phi) is 3.31. The Balaban J connectivity index is 1.95. The smallest absolute Gasteiger partial charge is 0.144 e. The van der Waals surface area contributed by atoms with Crippen LogP contribution in [0.2, 0.25) is 5.15 Å². The van der Waals surface area contributed by atoms with Gasteiger partial charge in [-0.2, -0.15) is 0 Å². The Bertz CT molecular complexity index is 465. The van der Waals surface area contributed by atoms with Gasteiger partial charge in [0.05, 0.1) is 12.6 Å². The maximum Gasteiger partial charge on any atom is 0.144 e. The molecule has 0 atom stereocenters. The molecule has 0 fully saturated rings. The van der Waals surface area contributed by atoms with Crippen LogP contribution in [-0.4, -0.2) is 15.9 Å². The summed E-state index contributed by atoms with van der Waals surface area (Å²) in [6, 6.07) is 5.13. The van der Waals surface area contributed by atoms with Gasteiger partial charge in [-0.25, -0.2) is 4.98 Å². The van der Waals surface area contributed by atoms with Crippen molar-refractivity contribution in [3.63, 3.8) is 0 Å². The first-order chi connectivity index (χ1) is 7.74. The van der Waals surface area contributed by atoms with E-state index in [4.69, 9.17) is 16.1 Å². The third-order valence-electron chi connectivity index (χ3n) is 2.05. The molecule has 2 aromatic rings. The van der Waals surface area contributed by atoms with Crippen LogP contribution in [0, 0.1) is 0 Å². The minimum atomic E-state index is 0.0564. The van der Waals surface area contributed by atoms with Gasteiger partial charge in [-0.05, 0) is 11.6 Å². The highest BCUT2D eigenvalue weighted by molar-refractivity contribution is 6.29. The van der Waals surface area contributed by atoms with Crippen molar-refractivity contribution in [3.05, 3.63) is 47.1 Å². The van der Waals surface area contributed by atoms with Crippen LogP contribution in [0.1, 0.15) is 11.3 Å². The van der Waals surface area contributed by atoms with Crippen molar-refractivity contribution in [2.75, 3.05) is 0 Å². The highest BCUT2D eigenvalue weighted by Gasteiger charge is 2.08. The van der Waals surface area contributed by atoms with E-state index >= 15 is 0 Å². The second-order valence-electron chi connectivity index (χ2n) is 3.36. The number of pyridine rings is 1. The van der Waals surface area contributed by atoms with Crippen molar-refractivity contribution in [2.24, 2.45) is 0 Å². The molecule has 0 unspecified atom stereocenters. The fraction of sp³-hybridized carbons (Fsp3) is 0.182. The second-order valence-corrected chi connectivity index (χ2v) is 3.75. The first-order valence-electron chi connectivity index (χ1n) is 4.76. The summed E-state index contributed by atoms with van der Waals surface area (Å²) in [6.45, 7) is 0. The molecule has 2 rings (SSSR count). The number of carbonyl (C=O) groups excluding carboxylic acids is 1. The summed E-state index contributed by atoms with van der Waals surface area (Å²) in [5.74, 6) is 0.632. The van der Waals surface area contributed by atoms with Crippen molar-refractivity contribution >= 4 is 17.4 Å². The van der Waals surface area contributed by atoms with E-state index in [-0.39, 0.29) is 12.2 Å². The maximum atomic E-state index is 11.6. The first kappa shape index (κ1) is 10.8. The Morgan fingerprint density at radius 2 is 2.19 bits per heavy atom. The van der Waals surface area contributed by atoms with E-state index in [0.29, 0.717) is 17.3 Å². The summed E-state index contributed by atoms with van der Waals surface area (Å²) in [4.78, 5) is 15.5. The molecule has 0 aliphatic heterocycles. The normalized spacial score (nSPS) is 10.3. The molecule has 16 heavy (non-hydrogen) atoms. The van der Waals surface area contributed by atoms with Gasteiger partial charge in [-0.1, -0.05) is 22.8 Å². The molecule has 0 aliphatic rings. The Morgan fingerprint density at radius 3 is 2.81 bits per heavy atom. The van der Waals surface area contributed by atoms with E-state index in [1.807, 2.05) is 0 Å². The zero-order valence-corrected chi connectivity index (χ0v) is 9.15. The third-order valence-corrected chi connectivity index (χ3v) is 2.28. The molecule has 0 aromatic carbocycles. The Morgan fingerprint density at radius 1 is 1.31 bits per heavy atom. The van der Waals surface area contributed by atoms with Crippen LogP contribution < -0.4 is 0 Å². The molecule has 0 N–H and O–H groups in total. The summed E-state index contributed by atoms with van der Waals surface area (Å²) in [5.41, 5.74) is 0.842. The highest BCUT2D eigenvalue weighted by Crippen LogP contribution is 2.07. The lowest BCUT2D eigenvalue weighted by Gasteiger charge is -1.98. The van der Waals surface area contributed by atoms with E-state index in [0.717, 1.165) is 5.56 Å². The number of aromatic nitrogens is 2. The molecule has 0 saturated carbocycles. The molecular weight excluding hydrogens is 228 g/mol. The Labute approximate surface area is 97.2 Å². The number of hydrogen-bond donors (Lipinski definition) is 0. The van der Waals surface area contributed by atoms with Crippen LogP contribution in [0.3, 0.4) is 0 Å². The van der Waals surface area contributed by atoms with Crippen LogP contribution in [0.15, 0.2) is 35.1 Å². The fourth-order valence-corrected chi connectivity index (χ4v) is 1.44. The van der Waals surface area contributed by atoms with Crippen molar-refractivity contribution in [2.45, 2.75) is 12.8 Å². The van der Waals surface area contributed by atoms with Gasteiger partial charge in [-0.3, -0.25) is 4.79 Å². The highest BCUT2D eigenvalue weighted by atomic mass is 35.5. The zero-order valence-electron chi connectivity index (χ0n) is 8.39. The van der Waals surface area contributed by atoms with Crippen LogP contribution in [0.25, 0.3) is 0 Å². The number of rotatable bonds is 4. The van der Waals surface area contributed by atoms with Crippen molar-refractivity contribution in [3.8, 4) is 0 Å². The Hall–Kier alpha value is -1.68. The summed E-state index contributed by atoms with van der Waals surface area (Å²) in [7, 11) is 0. The topological polar surface area (TPSA) is 56.0 Å². The number of nitrogens with zero attached hydrogens (tertiary/aromatic N) is 2. The predicted molar refractivity (Wildman–Crippen MR) is 58.2 cm³/mol. The van der Waals surface area contributed by atoms with Crippen molar-refractivity contribution in [1.29, 1.82) is 0 Å². The van der Waals surface area contributed by atoms with Gasteiger partial charge < -0.3 is 4.52 Å². The van der Waals surface area contributed by atoms with Gasteiger partial charge in [0.1, 0.15) is 16.7 Å². The van der Waals surface area contributed by atoms with Crippen molar-refractivity contribution < 1.29 is 9.32 Å². The van der Waals surface area contributed by atoms with Gasteiger partial charge in [-0.15, -0.1) is 0 Å². The molecule has 5 heteroatoms. The minimum absolute atomic E-state index is 0.0564. The van der Waals surface area contributed by atoms with E-state index in [1.165, 1.54) is 6.20 Å². The molecule has 0 bridgehead atoms. The predicted octanol–water partition coefficient (Wildman–Crippen LogP) is 2.08. The van der Waals surface area contributed by atoms with Crippen LogP contribution in [0.4, 0.5) is 0 Å². The lowest BCUT2D eigenvalue weighted by Crippen LogP contribution is -2.06. The SMILES string of the molecule is O=C(Cc1ccc(Cl)nc1)Cc1ccno1. The first-order valence-corrected chi connectivity index (χ1v) is 5.13. The molecule has 82 valence electrons. The van der Waals surface area contributed by atoms with Gasteiger partial charge in [0.15, 0.2) is 0 Å². The minimum Gasteiger partial charge on any atom is -0.361 e. The average Bonchev–Trinajstić information content (AvgIpc) is 2.74. The number of ketones is 1. The van der Waals surface area contributed by atoms with E-state index in [2.05, 4.69) is 10.1 Å². The molecule has 0 spiro atoms. The maximum absolute atomic E-state index is 11.6. The quantitative estimate of drug-likeness (QED) is 0.763. The molecule has 0 saturated heterocycles. The van der Waals surface area contributed by atoms with E-state index in [9.17, 15) is 4.79 Å². The molecular formula is C11H9ClN2O2. The van der Waals surface area contributed by atoms with E-state index in [1.54, 1.807) is 24.4 Å². The van der Waals surface area contributed by atoms with Crippen LogP contribution in [0.5, 0.6) is 0 Å². The molecule has 2 aromatic heterocycles. The van der Waals surface area contributed by atoms with Gasteiger partial charge in [0, 0.05) is 18.7 Å². The number of hydrogen-bond acceptors (Lipinski definition) is 4. The molecule has 0 radical (unpaired) electrons. The summed E-state index contributed by atoms with van der Waals surface area (Å²) in [5, 5.41) is 3.96. The average molecular weight is 237 g/mol. The molecule has 4 nitrogen and oxygen atoms in total. The summed E-state index contributed by atoms with van der Waals surface area (Å²) < 4.78 is 4.85. The summed E-state index contributed by atoms with van der Waals surface area (Å²) in [6.07, 6.45) is 3.70. The number of carbonyl (C=O) groups is 1. The second kappa shape index (κ2) is 4.90.